The molecule has 3 aromatic rings. The van der Waals surface area contributed by atoms with Gasteiger partial charge >= 0.3 is 5.69 Å². The predicted molar refractivity (Wildman–Crippen MR) is 114 cm³/mol. The smallest absolute Gasteiger partial charge is 0.341 e. The molecule has 1 amide bonds. The first-order valence-electron chi connectivity index (χ1n) is 9.90. The second-order valence-corrected chi connectivity index (χ2v) is 8.41. The highest BCUT2D eigenvalue weighted by Crippen LogP contribution is 2.27. The maximum atomic E-state index is 13.0. The van der Waals surface area contributed by atoms with Gasteiger partial charge in [-0.05, 0) is 49.2 Å². The van der Waals surface area contributed by atoms with E-state index in [2.05, 4.69) is 5.10 Å². The molecule has 0 aliphatic carbocycles. The predicted octanol–water partition coefficient (Wildman–Crippen LogP) is 3.21. The fourth-order valence-electron chi connectivity index (χ4n) is 3.75. The summed E-state index contributed by atoms with van der Waals surface area (Å²) in [6, 6.07) is 15.6. The van der Waals surface area contributed by atoms with E-state index in [0.717, 1.165) is 23.4 Å². The molecule has 1 unspecified atom stereocenters. The Bertz CT molecular complexity index is 1080. The van der Waals surface area contributed by atoms with Gasteiger partial charge < -0.3 is 4.90 Å². The van der Waals surface area contributed by atoms with Crippen LogP contribution < -0.4 is 5.69 Å². The highest BCUT2D eigenvalue weighted by atomic mass is 32.2. The minimum absolute atomic E-state index is 0.00683. The first-order chi connectivity index (χ1) is 14.5. The van der Waals surface area contributed by atoms with Crippen molar-refractivity contribution in [2.75, 3.05) is 18.8 Å². The summed E-state index contributed by atoms with van der Waals surface area (Å²) in [5, 5.41) is 4.49. The Morgan fingerprint density at radius 1 is 1.17 bits per heavy atom. The topological polar surface area (TPSA) is 60.1 Å². The number of piperidine rings is 1. The summed E-state index contributed by atoms with van der Waals surface area (Å²) in [7, 11) is 1.65. The van der Waals surface area contributed by atoms with Gasteiger partial charge in [0.1, 0.15) is 11.6 Å². The minimum atomic E-state index is -0.288. The fourth-order valence-corrected chi connectivity index (χ4v) is 4.55. The van der Waals surface area contributed by atoms with Crippen molar-refractivity contribution in [3.05, 3.63) is 76.7 Å². The molecule has 1 saturated heterocycles. The van der Waals surface area contributed by atoms with Gasteiger partial charge in [-0.2, -0.15) is 5.10 Å². The van der Waals surface area contributed by atoms with Crippen molar-refractivity contribution in [3.63, 3.8) is 0 Å². The molecular weight excluding hydrogens is 403 g/mol. The van der Waals surface area contributed by atoms with Crippen LogP contribution in [0.25, 0.3) is 5.69 Å². The molecule has 1 fully saturated rings. The Hall–Kier alpha value is -2.87. The Balaban J connectivity index is 1.49. The van der Waals surface area contributed by atoms with Gasteiger partial charge in [0.25, 0.3) is 0 Å². The van der Waals surface area contributed by atoms with Crippen molar-refractivity contribution in [2.24, 2.45) is 7.05 Å². The van der Waals surface area contributed by atoms with E-state index >= 15 is 0 Å². The van der Waals surface area contributed by atoms with Crippen molar-refractivity contribution in [3.8, 4) is 5.69 Å². The average molecular weight is 427 g/mol. The zero-order valence-electron chi connectivity index (χ0n) is 16.7. The van der Waals surface area contributed by atoms with E-state index in [9.17, 15) is 14.0 Å². The number of rotatable bonds is 5. The van der Waals surface area contributed by atoms with Gasteiger partial charge in [-0.25, -0.2) is 18.4 Å². The van der Waals surface area contributed by atoms with Crippen LogP contribution >= 0.6 is 11.8 Å². The highest BCUT2D eigenvalue weighted by Gasteiger charge is 2.29. The van der Waals surface area contributed by atoms with Crippen LogP contribution in [0.4, 0.5) is 4.39 Å². The second-order valence-electron chi connectivity index (χ2n) is 7.36. The third kappa shape index (κ3) is 4.33. The molecule has 2 aromatic carbocycles. The van der Waals surface area contributed by atoms with Gasteiger partial charge in [0.15, 0.2) is 0 Å². The van der Waals surface area contributed by atoms with Crippen LogP contribution in [-0.4, -0.2) is 44.0 Å². The summed E-state index contributed by atoms with van der Waals surface area (Å²) in [5.74, 6) is 0.736. The molecule has 1 aromatic heterocycles. The van der Waals surface area contributed by atoms with E-state index < -0.39 is 0 Å². The molecular formula is C22H23FN4O2S. The highest BCUT2D eigenvalue weighted by molar-refractivity contribution is 8.00. The molecule has 8 heteroatoms. The van der Waals surface area contributed by atoms with E-state index in [4.69, 9.17) is 0 Å². The maximum Gasteiger partial charge on any atom is 0.350 e. The first kappa shape index (κ1) is 20.4. The number of likely N-dealkylation sites (tertiary alicyclic amines) is 1. The maximum absolute atomic E-state index is 13.0. The largest absolute Gasteiger partial charge is 0.350 e. The SMILES string of the molecule is Cn1nc(C2CCCN(C(=O)CSc3ccc(F)cc3)C2)n(-c2ccccc2)c1=O. The van der Waals surface area contributed by atoms with Crippen molar-refractivity contribution in [2.45, 2.75) is 23.7 Å². The average Bonchev–Trinajstić information content (AvgIpc) is 3.08. The van der Waals surface area contributed by atoms with E-state index in [1.54, 1.807) is 23.7 Å². The number of nitrogens with zero attached hydrogens (tertiary/aromatic N) is 4. The summed E-state index contributed by atoms with van der Waals surface area (Å²) in [5.41, 5.74) is 0.590. The van der Waals surface area contributed by atoms with Gasteiger partial charge in [0.2, 0.25) is 5.91 Å². The minimum Gasteiger partial charge on any atom is -0.341 e. The fraction of sp³-hybridized carbons (Fsp3) is 0.318. The monoisotopic (exact) mass is 426 g/mol. The lowest BCUT2D eigenvalue weighted by atomic mass is 9.97. The Kier molecular flexibility index (Phi) is 6.03. The summed E-state index contributed by atoms with van der Waals surface area (Å²) in [4.78, 5) is 28.2. The molecule has 0 radical (unpaired) electrons. The molecule has 30 heavy (non-hydrogen) atoms. The van der Waals surface area contributed by atoms with Crippen LogP contribution in [-0.2, 0) is 11.8 Å². The number of hydrogen-bond acceptors (Lipinski definition) is 4. The van der Waals surface area contributed by atoms with Gasteiger partial charge in [0.05, 0.1) is 11.4 Å². The van der Waals surface area contributed by atoms with Crippen molar-refractivity contribution >= 4 is 17.7 Å². The third-order valence-corrected chi connectivity index (χ3v) is 6.28. The normalized spacial score (nSPS) is 16.6. The molecule has 4 rings (SSSR count). The number of halogens is 1. The van der Waals surface area contributed by atoms with Crippen LogP contribution in [0.1, 0.15) is 24.6 Å². The number of thioether (sulfide) groups is 1. The van der Waals surface area contributed by atoms with Crippen LogP contribution in [0.2, 0.25) is 0 Å². The Morgan fingerprint density at radius 3 is 2.63 bits per heavy atom. The lowest BCUT2D eigenvalue weighted by molar-refractivity contribution is -0.129. The van der Waals surface area contributed by atoms with Gasteiger partial charge in [0, 0.05) is 31.0 Å². The standard InChI is InChI=1S/C22H23FN4O2S/c1-25-22(29)27(18-7-3-2-4-8-18)21(24-25)16-6-5-13-26(14-16)20(28)15-30-19-11-9-17(23)10-12-19/h2-4,7-12,16H,5-6,13-15H2,1H3. The lowest BCUT2D eigenvalue weighted by Gasteiger charge is -2.32. The van der Waals surface area contributed by atoms with Crippen molar-refractivity contribution in [1.29, 1.82) is 0 Å². The number of hydrogen-bond donors (Lipinski definition) is 0. The first-order valence-corrected chi connectivity index (χ1v) is 10.9. The van der Waals surface area contributed by atoms with Crippen molar-refractivity contribution < 1.29 is 9.18 Å². The van der Waals surface area contributed by atoms with E-state index in [1.807, 2.05) is 35.2 Å². The number of aromatic nitrogens is 3. The molecule has 156 valence electrons. The van der Waals surface area contributed by atoms with Crippen molar-refractivity contribution in [1.82, 2.24) is 19.2 Å². The third-order valence-electron chi connectivity index (χ3n) is 5.28. The summed E-state index contributed by atoms with van der Waals surface area (Å²) in [6.45, 7) is 1.23. The van der Waals surface area contributed by atoms with Gasteiger partial charge in [-0.3, -0.25) is 4.79 Å². The van der Waals surface area contributed by atoms with E-state index in [-0.39, 0.29) is 23.3 Å². The number of para-hydroxylation sites is 1. The number of benzene rings is 2. The zero-order valence-corrected chi connectivity index (χ0v) is 17.5. The number of aryl methyl sites for hydroxylation is 1. The van der Waals surface area contributed by atoms with Crippen LogP contribution in [0, 0.1) is 5.82 Å². The van der Waals surface area contributed by atoms with Crippen LogP contribution in [0.15, 0.2) is 64.3 Å². The molecule has 0 bridgehead atoms. The Labute approximate surface area is 178 Å². The lowest BCUT2D eigenvalue weighted by Crippen LogP contribution is -2.40. The molecule has 1 aliphatic rings. The van der Waals surface area contributed by atoms with Gasteiger partial charge in [-0.15, -0.1) is 11.8 Å². The number of carbonyl (C=O) groups is 1. The number of carbonyl (C=O) groups excluding carboxylic acids is 1. The summed E-state index contributed by atoms with van der Waals surface area (Å²) < 4.78 is 16.0. The van der Waals surface area contributed by atoms with Gasteiger partial charge in [-0.1, -0.05) is 18.2 Å². The molecule has 6 nitrogen and oxygen atoms in total. The molecule has 0 saturated carbocycles. The van der Waals surface area contributed by atoms with E-state index in [0.29, 0.717) is 24.7 Å². The zero-order chi connectivity index (χ0) is 21.1. The Morgan fingerprint density at radius 2 is 1.90 bits per heavy atom. The number of amides is 1. The summed E-state index contributed by atoms with van der Waals surface area (Å²) in [6.07, 6.45) is 1.73. The van der Waals surface area contributed by atoms with Crippen LogP contribution in [0.5, 0.6) is 0 Å². The summed E-state index contributed by atoms with van der Waals surface area (Å²) >= 11 is 1.40. The molecule has 0 N–H and O–H groups in total. The molecule has 2 heterocycles. The van der Waals surface area contributed by atoms with Crippen LogP contribution in [0.3, 0.4) is 0 Å². The quantitative estimate of drug-likeness (QED) is 0.588. The molecule has 0 spiro atoms. The molecule has 1 atom stereocenters. The van der Waals surface area contributed by atoms with E-state index in [1.165, 1.54) is 28.6 Å². The second kappa shape index (κ2) is 8.87. The molecule has 1 aliphatic heterocycles.